The number of rotatable bonds is 5. The third kappa shape index (κ3) is 2.84. The minimum atomic E-state index is -0.304. The number of imidazole rings is 1. The fraction of sp³-hybridized carbons (Fsp3) is 0.667. The van der Waals surface area contributed by atoms with Crippen LogP contribution in [0.4, 0.5) is 0 Å². The Labute approximate surface area is 101 Å². The van der Waals surface area contributed by atoms with E-state index in [1.165, 1.54) is 0 Å². The average molecular weight is 234 g/mol. The van der Waals surface area contributed by atoms with Gasteiger partial charge in [-0.05, 0) is 19.8 Å². The molecular formula is C12H18N4O. The first kappa shape index (κ1) is 12.1. The molecule has 0 spiro atoms. The van der Waals surface area contributed by atoms with E-state index in [0.29, 0.717) is 0 Å². The van der Waals surface area contributed by atoms with E-state index in [1.807, 2.05) is 11.5 Å². The smallest absolute Gasteiger partial charge is 0.138 e. The van der Waals surface area contributed by atoms with Crippen molar-refractivity contribution in [2.75, 3.05) is 13.2 Å². The van der Waals surface area contributed by atoms with Gasteiger partial charge < -0.3 is 9.30 Å². The molecule has 1 fully saturated rings. The number of aromatic nitrogens is 2. The van der Waals surface area contributed by atoms with Gasteiger partial charge in [-0.15, -0.1) is 0 Å². The lowest BCUT2D eigenvalue weighted by Gasteiger charge is -2.16. The number of hydrogen-bond donors (Lipinski definition) is 1. The van der Waals surface area contributed by atoms with Gasteiger partial charge in [0.2, 0.25) is 0 Å². The van der Waals surface area contributed by atoms with Crippen molar-refractivity contribution in [2.45, 2.75) is 38.5 Å². The fourth-order valence-corrected chi connectivity index (χ4v) is 2.11. The molecule has 1 N–H and O–H groups in total. The van der Waals surface area contributed by atoms with Crippen molar-refractivity contribution < 1.29 is 4.74 Å². The summed E-state index contributed by atoms with van der Waals surface area (Å²) in [4.78, 5) is 4.08. The molecular weight excluding hydrogens is 216 g/mol. The van der Waals surface area contributed by atoms with Crippen molar-refractivity contribution in [3.05, 3.63) is 18.2 Å². The molecule has 1 aliphatic heterocycles. The highest BCUT2D eigenvalue weighted by Crippen LogP contribution is 2.15. The monoisotopic (exact) mass is 234 g/mol. The molecule has 0 aliphatic carbocycles. The summed E-state index contributed by atoms with van der Waals surface area (Å²) in [5, 5.41) is 12.4. The van der Waals surface area contributed by atoms with Crippen LogP contribution in [0.25, 0.3) is 0 Å². The molecule has 2 unspecified atom stereocenters. The SMILES string of the molecule is CCn1cncc1C(C#N)NCC1CCCO1. The molecule has 92 valence electrons. The Balaban J connectivity index is 1.94. The van der Waals surface area contributed by atoms with Crippen molar-refractivity contribution in [1.82, 2.24) is 14.9 Å². The Hall–Kier alpha value is -1.38. The summed E-state index contributed by atoms with van der Waals surface area (Å²) in [5.74, 6) is 0. The van der Waals surface area contributed by atoms with Crippen LogP contribution in [0.15, 0.2) is 12.5 Å². The van der Waals surface area contributed by atoms with Gasteiger partial charge in [-0.3, -0.25) is 5.32 Å². The predicted octanol–water partition coefficient (Wildman–Crippen LogP) is 1.24. The summed E-state index contributed by atoms with van der Waals surface area (Å²) < 4.78 is 7.51. The quantitative estimate of drug-likeness (QED) is 0.832. The van der Waals surface area contributed by atoms with Crippen LogP contribution in [0.5, 0.6) is 0 Å². The van der Waals surface area contributed by atoms with E-state index in [1.54, 1.807) is 12.5 Å². The first-order valence-electron chi connectivity index (χ1n) is 6.09. The van der Waals surface area contributed by atoms with Crippen molar-refractivity contribution in [3.8, 4) is 6.07 Å². The molecule has 1 saturated heterocycles. The van der Waals surface area contributed by atoms with Crippen LogP contribution in [0, 0.1) is 11.3 Å². The second kappa shape index (κ2) is 5.80. The van der Waals surface area contributed by atoms with Crippen LogP contribution in [-0.2, 0) is 11.3 Å². The standard InChI is InChI=1S/C12H18N4O/c1-2-16-9-14-8-12(16)11(6-13)15-7-10-4-3-5-17-10/h8-11,15H,2-5,7H2,1H3. The zero-order chi connectivity index (χ0) is 12.1. The van der Waals surface area contributed by atoms with Crippen LogP contribution < -0.4 is 5.32 Å². The van der Waals surface area contributed by atoms with Crippen molar-refractivity contribution in [2.24, 2.45) is 0 Å². The topological polar surface area (TPSA) is 62.9 Å². The van der Waals surface area contributed by atoms with Gasteiger partial charge in [0.05, 0.1) is 30.4 Å². The zero-order valence-corrected chi connectivity index (χ0v) is 10.1. The number of nitriles is 1. The Morgan fingerprint density at radius 2 is 2.65 bits per heavy atom. The van der Waals surface area contributed by atoms with E-state index in [9.17, 15) is 5.26 Å². The molecule has 0 amide bonds. The fourth-order valence-electron chi connectivity index (χ4n) is 2.11. The van der Waals surface area contributed by atoms with Crippen molar-refractivity contribution >= 4 is 0 Å². The summed E-state index contributed by atoms with van der Waals surface area (Å²) in [6, 6.07) is 1.97. The Bertz CT molecular complexity index is 389. The van der Waals surface area contributed by atoms with Gasteiger partial charge in [0.15, 0.2) is 0 Å². The second-order valence-electron chi connectivity index (χ2n) is 4.21. The highest BCUT2D eigenvalue weighted by molar-refractivity contribution is 5.13. The number of nitrogens with zero attached hydrogens (tertiary/aromatic N) is 3. The summed E-state index contributed by atoms with van der Waals surface area (Å²) in [5.41, 5.74) is 0.924. The maximum Gasteiger partial charge on any atom is 0.138 e. The number of nitrogens with one attached hydrogen (secondary N) is 1. The maximum atomic E-state index is 9.20. The summed E-state index contributed by atoms with van der Waals surface area (Å²) in [7, 11) is 0. The van der Waals surface area contributed by atoms with E-state index in [-0.39, 0.29) is 12.1 Å². The highest BCUT2D eigenvalue weighted by Gasteiger charge is 2.19. The van der Waals surface area contributed by atoms with Crippen molar-refractivity contribution in [3.63, 3.8) is 0 Å². The third-order valence-corrected chi connectivity index (χ3v) is 3.08. The third-order valence-electron chi connectivity index (χ3n) is 3.08. The number of hydrogen-bond acceptors (Lipinski definition) is 4. The lowest BCUT2D eigenvalue weighted by molar-refractivity contribution is 0.109. The zero-order valence-electron chi connectivity index (χ0n) is 10.1. The van der Waals surface area contributed by atoms with E-state index < -0.39 is 0 Å². The molecule has 0 aromatic carbocycles. The molecule has 5 heteroatoms. The molecule has 2 rings (SSSR count). The van der Waals surface area contributed by atoms with Crippen LogP contribution in [0.2, 0.25) is 0 Å². The van der Waals surface area contributed by atoms with Crippen LogP contribution in [0.3, 0.4) is 0 Å². The van der Waals surface area contributed by atoms with Gasteiger partial charge in [0.25, 0.3) is 0 Å². The van der Waals surface area contributed by atoms with E-state index in [0.717, 1.165) is 38.2 Å². The van der Waals surface area contributed by atoms with E-state index in [2.05, 4.69) is 16.4 Å². The minimum absolute atomic E-state index is 0.254. The van der Waals surface area contributed by atoms with Crippen molar-refractivity contribution in [1.29, 1.82) is 5.26 Å². The Kier molecular flexibility index (Phi) is 4.13. The predicted molar refractivity (Wildman–Crippen MR) is 63.2 cm³/mol. The largest absolute Gasteiger partial charge is 0.377 e. The van der Waals surface area contributed by atoms with Gasteiger partial charge in [0.1, 0.15) is 6.04 Å². The summed E-state index contributed by atoms with van der Waals surface area (Å²) in [6.45, 7) is 4.44. The Morgan fingerprint density at radius 3 is 3.29 bits per heavy atom. The first-order valence-corrected chi connectivity index (χ1v) is 6.09. The van der Waals surface area contributed by atoms with E-state index >= 15 is 0 Å². The molecule has 1 aromatic heterocycles. The van der Waals surface area contributed by atoms with Gasteiger partial charge >= 0.3 is 0 Å². The minimum Gasteiger partial charge on any atom is -0.377 e. The highest BCUT2D eigenvalue weighted by atomic mass is 16.5. The molecule has 2 heterocycles. The molecule has 5 nitrogen and oxygen atoms in total. The molecule has 0 bridgehead atoms. The van der Waals surface area contributed by atoms with Gasteiger partial charge in [-0.25, -0.2) is 4.98 Å². The second-order valence-corrected chi connectivity index (χ2v) is 4.21. The van der Waals surface area contributed by atoms with Crippen LogP contribution in [0.1, 0.15) is 31.5 Å². The first-order chi connectivity index (χ1) is 8.35. The van der Waals surface area contributed by atoms with E-state index in [4.69, 9.17) is 4.74 Å². The number of aryl methyl sites for hydroxylation is 1. The van der Waals surface area contributed by atoms with Gasteiger partial charge in [-0.1, -0.05) is 0 Å². The lowest BCUT2D eigenvalue weighted by Crippen LogP contribution is -2.30. The average Bonchev–Trinajstić information content (AvgIpc) is 3.00. The summed E-state index contributed by atoms with van der Waals surface area (Å²) >= 11 is 0. The maximum absolute atomic E-state index is 9.20. The summed E-state index contributed by atoms with van der Waals surface area (Å²) in [6.07, 6.45) is 5.96. The molecule has 1 aromatic rings. The molecule has 0 saturated carbocycles. The van der Waals surface area contributed by atoms with Gasteiger partial charge in [-0.2, -0.15) is 5.26 Å². The molecule has 2 atom stereocenters. The normalized spacial score (nSPS) is 21.3. The lowest BCUT2D eigenvalue weighted by atomic mass is 10.2. The molecule has 0 radical (unpaired) electrons. The molecule has 17 heavy (non-hydrogen) atoms. The van der Waals surface area contributed by atoms with Crippen LogP contribution >= 0.6 is 0 Å². The Morgan fingerprint density at radius 1 is 1.76 bits per heavy atom. The van der Waals surface area contributed by atoms with Crippen LogP contribution in [-0.4, -0.2) is 28.8 Å². The number of ether oxygens (including phenoxy) is 1. The molecule has 1 aliphatic rings. The van der Waals surface area contributed by atoms with Gasteiger partial charge in [0, 0.05) is 19.7 Å².